The van der Waals surface area contributed by atoms with Crippen LogP contribution in [0.15, 0.2) is 18.3 Å². The molecule has 1 fully saturated rings. The van der Waals surface area contributed by atoms with E-state index in [1.165, 1.54) is 18.3 Å². The van der Waals surface area contributed by atoms with E-state index in [9.17, 15) is 9.59 Å². The third-order valence-electron chi connectivity index (χ3n) is 3.63. The number of nitrogens with one attached hydrogen (secondary N) is 2. The minimum absolute atomic E-state index is 0.00189. The molecule has 2 rings (SSSR count). The second kappa shape index (κ2) is 7.03. The van der Waals surface area contributed by atoms with Crippen molar-refractivity contribution in [3.05, 3.63) is 29.6 Å². The molecule has 1 aromatic rings. The highest BCUT2D eigenvalue weighted by atomic mass is 16.4. The molecular weight excluding hydrogens is 272 g/mol. The zero-order valence-corrected chi connectivity index (χ0v) is 11.7. The molecule has 21 heavy (non-hydrogen) atoms. The highest BCUT2D eigenvalue weighted by Crippen LogP contribution is 2.16. The molecule has 0 spiro atoms. The van der Waals surface area contributed by atoms with E-state index in [2.05, 4.69) is 15.6 Å². The number of hydrogen-bond acceptors (Lipinski definition) is 4. The molecule has 5 N–H and O–H groups in total. The van der Waals surface area contributed by atoms with Crippen molar-refractivity contribution in [2.75, 3.05) is 0 Å². The standard InChI is InChI=1S/C14H20N4O3/c15-11-3-1-2-4-12(11)18-14(21)17-8-10-7-9(13(19)20)5-6-16-10/h5-7,11-12H,1-4,8,15H2,(H,19,20)(H2,17,18,21). The highest BCUT2D eigenvalue weighted by Gasteiger charge is 2.23. The van der Waals surface area contributed by atoms with Gasteiger partial charge in [0, 0.05) is 18.3 Å². The maximum absolute atomic E-state index is 11.8. The lowest BCUT2D eigenvalue weighted by molar-refractivity contribution is 0.0696. The fourth-order valence-electron chi connectivity index (χ4n) is 2.44. The van der Waals surface area contributed by atoms with Crippen LogP contribution in [0.5, 0.6) is 0 Å². The lowest BCUT2D eigenvalue weighted by Gasteiger charge is -2.29. The number of nitrogens with zero attached hydrogens (tertiary/aromatic N) is 1. The maximum atomic E-state index is 11.8. The Balaban J connectivity index is 1.83. The van der Waals surface area contributed by atoms with E-state index in [4.69, 9.17) is 10.8 Å². The summed E-state index contributed by atoms with van der Waals surface area (Å²) in [4.78, 5) is 26.7. The van der Waals surface area contributed by atoms with Crippen molar-refractivity contribution in [1.82, 2.24) is 15.6 Å². The van der Waals surface area contributed by atoms with Crippen molar-refractivity contribution in [2.45, 2.75) is 44.3 Å². The zero-order valence-electron chi connectivity index (χ0n) is 11.7. The van der Waals surface area contributed by atoms with Gasteiger partial charge in [-0.25, -0.2) is 9.59 Å². The third-order valence-corrected chi connectivity index (χ3v) is 3.63. The van der Waals surface area contributed by atoms with Gasteiger partial charge in [-0.1, -0.05) is 12.8 Å². The monoisotopic (exact) mass is 292 g/mol. The first-order valence-corrected chi connectivity index (χ1v) is 7.04. The number of carboxylic acid groups (broad SMARTS) is 1. The molecule has 1 aliphatic carbocycles. The number of carbonyl (C=O) groups excluding carboxylic acids is 1. The van der Waals surface area contributed by atoms with Gasteiger partial charge in [0.25, 0.3) is 0 Å². The molecule has 7 nitrogen and oxygen atoms in total. The molecule has 0 aliphatic heterocycles. The minimum Gasteiger partial charge on any atom is -0.478 e. The topological polar surface area (TPSA) is 117 Å². The number of pyridine rings is 1. The number of aromatic nitrogens is 1. The summed E-state index contributed by atoms with van der Waals surface area (Å²) in [5, 5.41) is 14.4. The quantitative estimate of drug-likeness (QED) is 0.656. The molecule has 2 amide bonds. The summed E-state index contributed by atoms with van der Waals surface area (Å²) in [6, 6.07) is 2.54. The van der Waals surface area contributed by atoms with E-state index in [0.717, 1.165) is 25.7 Å². The van der Waals surface area contributed by atoms with E-state index in [-0.39, 0.29) is 30.2 Å². The van der Waals surface area contributed by atoms with Crippen molar-refractivity contribution in [3.8, 4) is 0 Å². The van der Waals surface area contributed by atoms with E-state index >= 15 is 0 Å². The number of carbonyl (C=O) groups is 2. The molecule has 1 heterocycles. The second-order valence-electron chi connectivity index (χ2n) is 5.22. The molecule has 0 saturated heterocycles. The molecule has 1 saturated carbocycles. The molecule has 114 valence electrons. The Kier molecular flexibility index (Phi) is 5.10. The largest absolute Gasteiger partial charge is 0.478 e. The van der Waals surface area contributed by atoms with Gasteiger partial charge < -0.3 is 21.5 Å². The molecule has 2 unspecified atom stereocenters. The van der Waals surface area contributed by atoms with Gasteiger partial charge in [-0.05, 0) is 25.0 Å². The molecule has 1 aliphatic rings. The van der Waals surface area contributed by atoms with E-state index in [0.29, 0.717) is 5.69 Å². The predicted octanol–water partition coefficient (Wildman–Crippen LogP) is 0.849. The van der Waals surface area contributed by atoms with Crippen LogP contribution in [-0.2, 0) is 6.54 Å². The Morgan fingerprint density at radius 2 is 2.14 bits per heavy atom. The Hall–Kier alpha value is -2.15. The van der Waals surface area contributed by atoms with Crippen LogP contribution in [0.25, 0.3) is 0 Å². The second-order valence-corrected chi connectivity index (χ2v) is 5.22. The summed E-state index contributed by atoms with van der Waals surface area (Å²) >= 11 is 0. The fourth-order valence-corrected chi connectivity index (χ4v) is 2.44. The van der Waals surface area contributed by atoms with Crippen molar-refractivity contribution in [1.29, 1.82) is 0 Å². The van der Waals surface area contributed by atoms with Gasteiger partial charge in [0.05, 0.1) is 17.8 Å². The van der Waals surface area contributed by atoms with Crippen LogP contribution in [0, 0.1) is 0 Å². The smallest absolute Gasteiger partial charge is 0.335 e. The summed E-state index contributed by atoms with van der Waals surface area (Å²) in [5.41, 5.74) is 6.62. The minimum atomic E-state index is -1.02. The Morgan fingerprint density at radius 1 is 1.38 bits per heavy atom. The van der Waals surface area contributed by atoms with Crippen molar-refractivity contribution < 1.29 is 14.7 Å². The first kappa shape index (κ1) is 15.2. The van der Waals surface area contributed by atoms with Crippen molar-refractivity contribution in [3.63, 3.8) is 0 Å². The first-order chi connectivity index (χ1) is 10.1. The Morgan fingerprint density at radius 3 is 2.86 bits per heavy atom. The van der Waals surface area contributed by atoms with Crippen LogP contribution >= 0.6 is 0 Å². The van der Waals surface area contributed by atoms with Crippen molar-refractivity contribution >= 4 is 12.0 Å². The van der Waals surface area contributed by atoms with E-state index in [1.54, 1.807) is 0 Å². The molecule has 7 heteroatoms. The van der Waals surface area contributed by atoms with Crippen LogP contribution in [0.2, 0.25) is 0 Å². The molecule has 2 atom stereocenters. The van der Waals surface area contributed by atoms with Crippen LogP contribution in [-0.4, -0.2) is 34.2 Å². The SMILES string of the molecule is NC1CCCCC1NC(=O)NCc1cc(C(=O)O)ccn1. The summed E-state index contributed by atoms with van der Waals surface area (Å²) in [6.07, 6.45) is 5.40. The normalized spacial score (nSPS) is 21.6. The van der Waals surface area contributed by atoms with E-state index < -0.39 is 5.97 Å². The molecule has 0 bridgehead atoms. The predicted molar refractivity (Wildman–Crippen MR) is 76.8 cm³/mol. The average molecular weight is 292 g/mol. The molecule has 0 radical (unpaired) electrons. The molecule has 0 aromatic carbocycles. The fraction of sp³-hybridized carbons (Fsp3) is 0.500. The summed E-state index contributed by atoms with van der Waals surface area (Å²) < 4.78 is 0. The number of urea groups is 1. The lowest BCUT2D eigenvalue weighted by atomic mass is 9.91. The van der Waals surface area contributed by atoms with Crippen molar-refractivity contribution in [2.24, 2.45) is 5.73 Å². The highest BCUT2D eigenvalue weighted by molar-refractivity contribution is 5.87. The van der Waals surface area contributed by atoms with Crippen LogP contribution in [0.4, 0.5) is 4.79 Å². The Bertz CT molecular complexity index is 521. The first-order valence-electron chi connectivity index (χ1n) is 7.04. The van der Waals surface area contributed by atoms with Crippen LogP contribution in [0.1, 0.15) is 41.7 Å². The average Bonchev–Trinajstić information content (AvgIpc) is 2.48. The molecular formula is C14H20N4O3. The maximum Gasteiger partial charge on any atom is 0.335 e. The number of amides is 2. The number of carboxylic acids is 1. The summed E-state index contributed by atoms with van der Waals surface area (Å²) in [7, 11) is 0. The van der Waals surface area contributed by atoms with Gasteiger partial charge in [-0.15, -0.1) is 0 Å². The van der Waals surface area contributed by atoms with Gasteiger partial charge in [0.2, 0.25) is 0 Å². The van der Waals surface area contributed by atoms with Gasteiger partial charge in [-0.3, -0.25) is 4.98 Å². The van der Waals surface area contributed by atoms with Crippen LogP contribution in [0.3, 0.4) is 0 Å². The summed E-state index contributed by atoms with van der Waals surface area (Å²) in [6.45, 7) is 0.176. The molecule has 1 aromatic heterocycles. The zero-order chi connectivity index (χ0) is 15.2. The van der Waals surface area contributed by atoms with Gasteiger partial charge in [0.15, 0.2) is 0 Å². The number of hydrogen-bond donors (Lipinski definition) is 4. The van der Waals surface area contributed by atoms with Gasteiger partial charge >= 0.3 is 12.0 Å². The van der Waals surface area contributed by atoms with Crippen LogP contribution < -0.4 is 16.4 Å². The van der Waals surface area contributed by atoms with Gasteiger partial charge in [0.1, 0.15) is 0 Å². The number of rotatable bonds is 4. The number of aromatic carboxylic acids is 1. The lowest BCUT2D eigenvalue weighted by Crippen LogP contribution is -2.52. The third kappa shape index (κ3) is 4.42. The van der Waals surface area contributed by atoms with Gasteiger partial charge in [-0.2, -0.15) is 0 Å². The number of nitrogens with two attached hydrogens (primary N) is 1. The Labute approximate surface area is 122 Å². The van der Waals surface area contributed by atoms with E-state index in [1.807, 2.05) is 0 Å². The summed E-state index contributed by atoms with van der Waals surface area (Å²) in [5.74, 6) is -1.02.